The van der Waals surface area contributed by atoms with E-state index in [0.29, 0.717) is 12.6 Å². The zero-order valence-corrected chi connectivity index (χ0v) is 14.4. The van der Waals surface area contributed by atoms with Gasteiger partial charge in [-0.3, -0.25) is 4.79 Å². The highest BCUT2D eigenvalue weighted by Crippen LogP contribution is 2.24. The summed E-state index contributed by atoms with van der Waals surface area (Å²) in [5.74, 6) is 0.947. The topological polar surface area (TPSA) is 38.8 Å². The van der Waals surface area contributed by atoms with Crippen molar-refractivity contribution in [3.8, 4) is 5.75 Å². The molecule has 0 bridgehead atoms. The second kappa shape index (κ2) is 8.34. The van der Waals surface area contributed by atoms with Gasteiger partial charge in [-0.15, -0.1) is 0 Å². The summed E-state index contributed by atoms with van der Waals surface area (Å²) in [6.07, 6.45) is 9.70. The molecule has 1 aromatic carbocycles. The third kappa shape index (κ3) is 4.84. The molecule has 1 saturated heterocycles. The molecule has 0 spiro atoms. The van der Waals surface area contributed by atoms with Crippen molar-refractivity contribution < 1.29 is 14.3 Å². The SMILES string of the molecule is CC1CN(C(=O)C=Cc2cccc(OC3CCCC3)c2)CCCO1. The molecular formula is C20H27NO3. The van der Waals surface area contributed by atoms with Crippen molar-refractivity contribution in [3.63, 3.8) is 0 Å². The molecule has 0 radical (unpaired) electrons. The molecule has 1 unspecified atom stereocenters. The first-order valence-corrected chi connectivity index (χ1v) is 9.06. The number of rotatable bonds is 4. The van der Waals surface area contributed by atoms with Crippen LogP contribution in [0.5, 0.6) is 5.75 Å². The van der Waals surface area contributed by atoms with E-state index in [2.05, 4.69) is 0 Å². The largest absolute Gasteiger partial charge is 0.490 e. The van der Waals surface area contributed by atoms with Gasteiger partial charge in [-0.2, -0.15) is 0 Å². The quantitative estimate of drug-likeness (QED) is 0.791. The molecule has 130 valence electrons. The Morgan fingerprint density at radius 3 is 2.96 bits per heavy atom. The van der Waals surface area contributed by atoms with Crippen molar-refractivity contribution in [3.05, 3.63) is 35.9 Å². The average Bonchev–Trinajstić information content (AvgIpc) is 2.99. The van der Waals surface area contributed by atoms with Crippen LogP contribution in [-0.2, 0) is 9.53 Å². The molecule has 1 aliphatic heterocycles. The predicted octanol–water partition coefficient (Wildman–Crippen LogP) is 3.66. The Kier molecular flexibility index (Phi) is 5.91. The standard InChI is InChI=1S/C20H27NO3/c1-16-15-21(12-5-13-23-16)20(22)11-10-17-6-4-9-19(14-17)24-18-7-2-3-8-18/h4,6,9-11,14,16,18H,2-3,5,7-8,12-13,15H2,1H3. The van der Waals surface area contributed by atoms with Crippen LogP contribution in [0.15, 0.2) is 30.3 Å². The normalized spacial score (nSPS) is 22.7. The number of amides is 1. The van der Waals surface area contributed by atoms with Gasteiger partial charge in [-0.25, -0.2) is 0 Å². The third-order valence-corrected chi connectivity index (χ3v) is 4.65. The van der Waals surface area contributed by atoms with E-state index in [-0.39, 0.29) is 12.0 Å². The lowest BCUT2D eigenvalue weighted by atomic mass is 10.2. The summed E-state index contributed by atoms with van der Waals surface area (Å²) in [6, 6.07) is 7.98. The zero-order chi connectivity index (χ0) is 16.8. The molecule has 1 saturated carbocycles. The molecule has 2 aliphatic rings. The van der Waals surface area contributed by atoms with Crippen molar-refractivity contribution in [2.75, 3.05) is 19.7 Å². The highest BCUT2D eigenvalue weighted by molar-refractivity contribution is 5.91. The Morgan fingerprint density at radius 2 is 2.12 bits per heavy atom. The summed E-state index contributed by atoms with van der Waals surface area (Å²) < 4.78 is 11.6. The summed E-state index contributed by atoms with van der Waals surface area (Å²) in [6.45, 7) is 4.17. The van der Waals surface area contributed by atoms with Gasteiger partial charge in [0.1, 0.15) is 5.75 Å². The molecule has 2 fully saturated rings. The summed E-state index contributed by atoms with van der Waals surface area (Å²) in [5, 5.41) is 0. The highest BCUT2D eigenvalue weighted by atomic mass is 16.5. The lowest BCUT2D eigenvalue weighted by Crippen LogP contribution is -2.34. The van der Waals surface area contributed by atoms with Crippen molar-refractivity contribution in [2.24, 2.45) is 0 Å². The molecule has 1 aliphatic carbocycles. The Morgan fingerprint density at radius 1 is 1.29 bits per heavy atom. The van der Waals surface area contributed by atoms with E-state index in [0.717, 1.165) is 43.7 Å². The number of benzene rings is 1. The monoisotopic (exact) mass is 329 g/mol. The average molecular weight is 329 g/mol. The number of carbonyl (C=O) groups excluding carboxylic acids is 1. The summed E-state index contributed by atoms with van der Waals surface area (Å²) in [5.41, 5.74) is 0.998. The van der Waals surface area contributed by atoms with Crippen molar-refractivity contribution in [1.29, 1.82) is 0 Å². The molecule has 4 heteroatoms. The van der Waals surface area contributed by atoms with E-state index in [9.17, 15) is 4.79 Å². The molecule has 0 aromatic heterocycles. The van der Waals surface area contributed by atoms with Gasteiger partial charge in [0.15, 0.2) is 0 Å². The first-order valence-electron chi connectivity index (χ1n) is 9.06. The van der Waals surface area contributed by atoms with Gasteiger partial charge in [0, 0.05) is 25.8 Å². The number of nitrogens with zero attached hydrogens (tertiary/aromatic N) is 1. The number of hydrogen-bond acceptors (Lipinski definition) is 3. The second-order valence-electron chi connectivity index (χ2n) is 6.75. The Hall–Kier alpha value is -1.81. The van der Waals surface area contributed by atoms with Crippen LogP contribution in [0.1, 0.15) is 44.6 Å². The maximum absolute atomic E-state index is 12.4. The van der Waals surface area contributed by atoms with Crippen LogP contribution in [0.3, 0.4) is 0 Å². The van der Waals surface area contributed by atoms with Gasteiger partial charge >= 0.3 is 0 Å². The Bertz CT molecular complexity index is 578. The lowest BCUT2D eigenvalue weighted by molar-refractivity contribution is -0.126. The van der Waals surface area contributed by atoms with Gasteiger partial charge in [-0.05, 0) is 62.8 Å². The first kappa shape index (κ1) is 17.0. The second-order valence-corrected chi connectivity index (χ2v) is 6.75. The molecule has 4 nitrogen and oxygen atoms in total. The first-order chi connectivity index (χ1) is 11.7. The van der Waals surface area contributed by atoms with Gasteiger partial charge in [0.05, 0.1) is 12.2 Å². The smallest absolute Gasteiger partial charge is 0.246 e. The molecular weight excluding hydrogens is 302 g/mol. The zero-order valence-electron chi connectivity index (χ0n) is 14.4. The fourth-order valence-electron chi connectivity index (χ4n) is 3.36. The van der Waals surface area contributed by atoms with Gasteiger partial charge in [0.25, 0.3) is 0 Å². The van der Waals surface area contributed by atoms with E-state index in [1.165, 1.54) is 12.8 Å². The predicted molar refractivity (Wildman–Crippen MR) is 95.0 cm³/mol. The van der Waals surface area contributed by atoms with Crippen LogP contribution >= 0.6 is 0 Å². The maximum atomic E-state index is 12.4. The molecule has 1 aromatic rings. The molecule has 1 amide bonds. The molecule has 0 N–H and O–H groups in total. The number of ether oxygens (including phenoxy) is 2. The summed E-state index contributed by atoms with van der Waals surface area (Å²) in [4.78, 5) is 14.3. The van der Waals surface area contributed by atoms with Gasteiger partial charge < -0.3 is 14.4 Å². The van der Waals surface area contributed by atoms with E-state index < -0.39 is 0 Å². The van der Waals surface area contributed by atoms with E-state index in [4.69, 9.17) is 9.47 Å². The minimum absolute atomic E-state index is 0.0504. The minimum Gasteiger partial charge on any atom is -0.490 e. The Balaban J connectivity index is 1.59. The van der Waals surface area contributed by atoms with Crippen molar-refractivity contribution in [1.82, 2.24) is 4.90 Å². The van der Waals surface area contributed by atoms with Crippen molar-refractivity contribution in [2.45, 2.75) is 51.2 Å². The van der Waals surface area contributed by atoms with Crippen LogP contribution < -0.4 is 4.74 Å². The fraction of sp³-hybridized carbons (Fsp3) is 0.550. The lowest BCUT2D eigenvalue weighted by Gasteiger charge is -2.20. The van der Waals surface area contributed by atoms with Gasteiger partial charge in [0.2, 0.25) is 5.91 Å². The van der Waals surface area contributed by atoms with Crippen LogP contribution in [0.4, 0.5) is 0 Å². The molecule has 1 heterocycles. The minimum atomic E-state index is 0.0504. The van der Waals surface area contributed by atoms with E-state index >= 15 is 0 Å². The van der Waals surface area contributed by atoms with Crippen LogP contribution in [-0.4, -0.2) is 42.7 Å². The van der Waals surface area contributed by atoms with Crippen molar-refractivity contribution >= 4 is 12.0 Å². The fourth-order valence-corrected chi connectivity index (χ4v) is 3.36. The van der Waals surface area contributed by atoms with E-state index in [1.807, 2.05) is 42.2 Å². The highest BCUT2D eigenvalue weighted by Gasteiger charge is 2.18. The molecule has 24 heavy (non-hydrogen) atoms. The number of carbonyl (C=O) groups is 1. The Labute approximate surface area is 144 Å². The molecule has 1 atom stereocenters. The van der Waals surface area contributed by atoms with E-state index in [1.54, 1.807) is 6.08 Å². The van der Waals surface area contributed by atoms with Crippen LogP contribution in [0.25, 0.3) is 6.08 Å². The maximum Gasteiger partial charge on any atom is 0.246 e. The van der Waals surface area contributed by atoms with Gasteiger partial charge in [-0.1, -0.05) is 12.1 Å². The van der Waals surface area contributed by atoms with Crippen LogP contribution in [0.2, 0.25) is 0 Å². The van der Waals surface area contributed by atoms with Crippen LogP contribution in [0, 0.1) is 0 Å². The summed E-state index contributed by atoms with van der Waals surface area (Å²) in [7, 11) is 0. The molecule has 3 rings (SSSR count). The summed E-state index contributed by atoms with van der Waals surface area (Å²) >= 11 is 0. The third-order valence-electron chi connectivity index (χ3n) is 4.65. The number of hydrogen-bond donors (Lipinski definition) is 0.